The molecule has 2 saturated heterocycles. The molecule has 3 aliphatic heterocycles. The van der Waals surface area contributed by atoms with Gasteiger partial charge >= 0.3 is 5.97 Å². The van der Waals surface area contributed by atoms with Crippen LogP contribution >= 0.6 is 0 Å². The fourth-order valence-electron chi connectivity index (χ4n) is 8.06. The number of Topliss-reactive ketones (excluding diaryl/α,β-unsaturated/α-hetero) is 1. The molecule has 3 heterocycles. The summed E-state index contributed by atoms with van der Waals surface area (Å²) in [5.74, 6) is -3.84. The van der Waals surface area contributed by atoms with Crippen LogP contribution < -0.4 is 0 Å². The molecule has 16 heteroatoms. The van der Waals surface area contributed by atoms with E-state index in [-0.39, 0.29) is 38.1 Å². The number of carbonyl (C=O) groups excluding carboxylic acids is 3. The van der Waals surface area contributed by atoms with Gasteiger partial charge in [-0.2, -0.15) is 0 Å². The average molecular weight is 790 g/mol. The highest BCUT2D eigenvalue weighted by Crippen LogP contribution is 2.35. The van der Waals surface area contributed by atoms with Gasteiger partial charge in [0.1, 0.15) is 42.6 Å². The molecule has 0 unspecified atom stereocenters. The number of esters is 1. The van der Waals surface area contributed by atoms with Crippen molar-refractivity contribution in [3.63, 3.8) is 0 Å². The van der Waals surface area contributed by atoms with Gasteiger partial charge in [0, 0.05) is 44.8 Å². The minimum absolute atomic E-state index is 0.0432. The van der Waals surface area contributed by atoms with E-state index in [1.54, 1.807) is 66.6 Å². The van der Waals surface area contributed by atoms with Crippen LogP contribution in [0, 0.1) is 23.7 Å². The van der Waals surface area contributed by atoms with E-state index in [9.17, 15) is 39.9 Å². The quantitative estimate of drug-likeness (QED) is 0.111. The van der Waals surface area contributed by atoms with Crippen molar-refractivity contribution in [2.75, 3.05) is 34.9 Å². The SMILES string of the molecule is CC[C@H]1OC(=O)C[C@@H](O)[C@H](C)[C@@H](O[C@@H]2O[C@H](C)[C@@H](O)[C@H](N(C)C)[C@H]2O)[C@@H](CC=O)C[C@@H](C)C(=O)C/C=C(\C)[C@@H](O)[C@@H]1CO[C@@H]1O[C@H](C)[C@@H](O)[C@@H](OC)[C@H]1OC. The molecule has 0 radical (unpaired) electrons. The maximum absolute atomic E-state index is 13.6. The second-order valence-corrected chi connectivity index (χ2v) is 15.8. The zero-order valence-corrected chi connectivity index (χ0v) is 34.1. The lowest BCUT2D eigenvalue weighted by atomic mass is 9.79. The molecule has 0 amide bonds. The third-order valence-corrected chi connectivity index (χ3v) is 11.7. The Bertz CT molecular complexity index is 1250. The molecule has 2 fully saturated rings. The zero-order valence-electron chi connectivity index (χ0n) is 34.1. The van der Waals surface area contributed by atoms with Gasteiger partial charge in [-0.25, -0.2) is 0 Å². The van der Waals surface area contributed by atoms with Crippen LogP contribution in [-0.4, -0.2) is 169 Å². The standard InChI is InChI=1S/C39H67NO15/c1-11-28-25(18-51-39-37(50-10)36(49-9)33(47)23(6)53-39)31(45)19(2)12-13-26(42)20(3)16-24(14-15-41)35(21(4)27(43)17-29(44)54-28)55-38-34(48)30(40(7)8)32(46)22(5)52-38/h12,15,20-25,27-28,30-39,43,45-48H,11,13-14,16-18H2,1-10H3/b19-12+/t20-,21+,22-,23-,24+,25-,27-,28-,30+,31-,32-,33-,34-,35-,36-,37-,38+,39-/m1/s1. The molecule has 16 nitrogen and oxygen atoms in total. The number of aldehydes is 1. The summed E-state index contributed by atoms with van der Waals surface area (Å²) in [5.41, 5.74) is 0.441. The van der Waals surface area contributed by atoms with Gasteiger partial charge in [0.05, 0.1) is 55.7 Å². The Labute approximate surface area is 325 Å². The van der Waals surface area contributed by atoms with Gasteiger partial charge in [0.2, 0.25) is 0 Å². The first-order valence-corrected chi connectivity index (χ1v) is 19.4. The molecule has 318 valence electrons. The Morgan fingerprint density at radius 3 is 2.09 bits per heavy atom. The Balaban J connectivity index is 1.97. The van der Waals surface area contributed by atoms with Crippen molar-refractivity contribution in [2.45, 2.75) is 159 Å². The molecule has 18 atom stereocenters. The van der Waals surface area contributed by atoms with Gasteiger partial charge in [0.15, 0.2) is 12.6 Å². The van der Waals surface area contributed by atoms with Crippen molar-refractivity contribution in [1.29, 1.82) is 0 Å². The molecule has 0 aliphatic carbocycles. The summed E-state index contributed by atoms with van der Waals surface area (Å²) >= 11 is 0. The zero-order chi connectivity index (χ0) is 41.3. The number of nitrogens with zero attached hydrogens (tertiary/aromatic N) is 1. The lowest BCUT2D eigenvalue weighted by Crippen LogP contribution is -2.63. The second-order valence-electron chi connectivity index (χ2n) is 15.8. The lowest BCUT2D eigenvalue weighted by molar-refractivity contribution is -0.306. The van der Waals surface area contributed by atoms with Crippen LogP contribution in [0.2, 0.25) is 0 Å². The second kappa shape index (κ2) is 21.7. The van der Waals surface area contributed by atoms with Gasteiger partial charge in [-0.1, -0.05) is 26.8 Å². The molecule has 3 rings (SSSR count). The number of carbonyl (C=O) groups is 3. The highest BCUT2D eigenvalue weighted by Gasteiger charge is 2.48. The summed E-state index contributed by atoms with van der Waals surface area (Å²) in [7, 11) is 6.28. The monoisotopic (exact) mass is 789 g/mol. The first-order valence-electron chi connectivity index (χ1n) is 19.4. The molecule has 0 aromatic carbocycles. The molecule has 0 bridgehead atoms. The summed E-state index contributed by atoms with van der Waals surface area (Å²) in [6.45, 7) is 9.96. The van der Waals surface area contributed by atoms with E-state index in [1.807, 2.05) is 0 Å². The van der Waals surface area contributed by atoms with E-state index in [0.717, 1.165) is 0 Å². The first-order chi connectivity index (χ1) is 25.9. The fourth-order valence-corrected chi connectivity index (χ4v) is 8.06. The molecule has 3 aliphatic rings. The highest BCUT2D eigenvalue weighted by atomic mass is 16.7. The van der Waals surface area contributed by atoms with E-state index in [2.05, 4.69) is 0 Å². The lowest BCUT2D eigenvalue weighted by Gasteiger charge is -2.46. The predicted molar refractivity (Wildman–Crippen MR) is 197 cm³/mol. The number of rotatable bonds is 11. The molecular formula is C39H67NO15. The number of aliphatic hydroxyl groups is 5. The summed E-state index contributed by atoms with van der Waals surface area (Å²) in [6.07, 6.45) is -10.9. The number of aliphatic hydroxyl groups excluding tert-OH is 5. The van der Waals surface area contributed by atoms with Crippen molar-refractivity contribution in [1.82, 2.24) is 4.90 Å². The van der Waals surface area contributed by atoms with Crippen molar-refractivity contribution in [3.8, 4) is 0 Å². The van der Waals surface area contributed by atoms with E-state index >= 15 is 0 Å². The molecule has 55 heavy (non-hydrogen) atoms. The predicted octanol–water partition coefficient (Wildman–Crippen LogP) is 0.757. The molecule has 0 saturated carbocycles. The van der Waals surface area contributed by atoms with Crippen LogP contribution in [0.15, 0.2) is 11.6 Å². The molecule has 0 aromatic rings. The fraction of sp³-hybridized carbons (Fsp3) is 0.872. The van der Waals surface area contributed by atoms with E-state index in [1.165, 1.54) is 14.2 Å². The van der Waals surface area contributed by atoms with Crippen LogP contribution in [0.4, 0.5) is 0 Å². The number of allylic oxidation sites excluding steroid dienone is 1. The Morgan fingerprint density at radius 2 is 1.51 bits per heavy atom. The summed E-state index contributed by atoms with van der Waals surface area (Å²) < 4.78 is 41.5. The normalized spacial score (nSPS) is 44.1. The largest absolute Gasteiger partial charge is 0.462 e. The van der Waals surface area contributed by atoms with E-state index in [0.29, 0.717) is 11.9 Å². The number of ketones is 1. The Kier molecular flexibility index (Phi) is 18.7. The number of cyclic esters (lactones) is 1. The summed E-state index contributed by atoms with van der Waals surface area (Å²) in [4.78, 5) is 40.9. The van der Waals surface area contributed by atoms with Crippen LogP contribution in [0.5, 0.6) is 0 Å². The molecule has 0 spiro atoms. The smallest absolute Gasteiger partial charge is 0.308 e. The Hall–Kier alpha value is -1.93. The average Bonchev–Trinajstić information content (AvgIpc) is 3.13. The first kappa shape index (κ1) is 47.4. The Morgan fingerprint density at radius 1 is 0.891 bits per heavy atom. The molecule has 5 N–H and O–H groups in total. The van der Waals surface area contributed by atoms with Gasteiger partial charge in [0.25, 0.3) is 0 Å². The summed E-state index contributed by atoms with van der Waals surface area (Å²) in [5, 5.41) is 56.0. The third-order valence-electron chi connectivity index (χ3n) is 11.7. The highest BCUT2D eigenvalue weighted by molar-refractivity contribution is 5.82. The maximum atomic E-state index is 13.6. The number of likely N-dealkylation sites (N-methyl/N-ethyl adjacent to an activating group) is 1. The van der Waals surface area contributed by atoms with Gasteiger partial charge < -0.3 is 68.4 Å². The van der Waals surface area contributed by atoms with Crippen molar-refractivity contribution >= 4 is 18.0 Å². The number of ether oxygens (including phenoxy) is 7. The van der Waals surface area contributed by atoms with Crippen LogP contribution in [-0.2, 0) is 47.5 Å². The number of hydrogen-bond acceptors (Lipinski definition) is 16. The van der Waals surface area contributed by atoms with Crippen molar-refractivity contribution < 1.29 is 73.1 Å². The van der Waals surface area contributed by atoms with E-state index < -0.39 is 122 Å². The van der Waals surface area contributed by atoms with Crippen molar-refractivity contribution in [3.05, 3.63) is 11.6 Å². The maximum Gasteiger partial charge on any atom is 0.308 e. The minimum Gasteiger partial charge on any atom is -0.462 e. The van der Waals surface area contributed by atoms with Crippen LogP contribution in [0.1, 0.15) is 73.6 Å². The van der Waals surface area contributed by atoms with Crippen LogP contribution in [0.3, 0.4) is 0 Å². The van der Waals surface area contributed by atoms with E-state index in [4.69, 9.17) is 33.2 Å². The van der Waals surface area contributed by atoms with Gasteiger partial charge in [-0.3, -0.25) is 9.59 Å². The number of methoxy groups -OCH3 is 2. The minimum atomic E-state index is -1.37. The van der Waals surface area contributed by atoms with Gasteiger partial charge in [-0.05, 0) is 59.2 Å². The number of hydrogen-bond donors (Lipinski definition) is 5. The third kappa shape index (κ3) is 11.8. The van der Waals surface area contributed by atoms with Gasteiger partial charge in [-0.15, -0.1) is 0 Å². The molecule has 0 aromatic heterocycles. The molecular weight excluding hydrogens is 722 g/mol. The summed E-state index contributed by atoms with van der Waals surface area (Å²) in [6, 6.07) is -0.755. The van der Waals surface area contributed by atoms with Crippen LogP contribution in [0.25, 0.3) is 0 Å². The van der Waals surface area contributed by atoms with Crippen molar-refractivity contribution in [2.24, 2.45) is 23.7 Å². The topological polar surface area (TPSA) is 220 Å².